The van der Waals surface area contributed by atoms with Gasteiger partial charge in [0.15, 0.2) is 12.4 Å². The van der Waals surface area contributed by atoms with E-state index in [0.717, 1.165) is 28.9 Å². The van der Waals surface area contributed by atoms with Gasteiger partial charge in [0.25, 0.3) is 0 Å². The number of amides is 1. The summed E-state index contributed by atoms with van der Waals surface area (Å²) >= 11 is 0. The normalized spacial score (nSPS) is 13.6. The van der Waals surface area contributed by atoms with E-state index in [4.69, 9.17) is 4.74 Å². The molecule has 2 aromatic carbocycles. The molecule has 0 aliphatic carbocycles. The topological polar surface area (TPSA) is 76.6 Å². The third-order valence-corrected chi connectivity index (χ3v) is 5.68. The van der Waals surface area contributed by atoms with Crippen LogP contribution in [0.5, 0.6) is 0 Å². The van der Waals surface area contributed by atoms with E-state index in [1.807, 2.05) is 38.1 Å². The summed E-state index contributed by atoms with van der Waals surface area (Å²) in [7, 11) is 0. The molecule has 1 saturated heterocycles. The number of aryl methyl sites for hydroxylation is 1. The van der Waals surface area contributed by atoms with Crippen LogP contribution in [0.3, 0.4) is 0 Å². The highest BCUT2D eigenvalue weighted by Crippen LogP contribution is 2.25. The van der Waals surface area contributed by atoms with Crippen molar-refractivity contribution in [3.05, 3.63) is 70.9 Å². The van der Waals surface area contributed by atoms with E-state index in [2.05, 4.69) is 4.98 Å². The zero-order valence-corrected chi connectivity index (χ0v) is 17.7. The molecular formula is C25H24N2O4. The number of benzene rings is 2. The summed E-state index contributed by atoms with van der Waals surface area (Å²) in [5.41, 5.74) is 4.02. The van der Waals surface area contributed by atoms with Gasteiger partial charge in [0, 0.05) is 35.3 Å². The second-order valence-corrected chi connectivity index (χ2v) is 7.62. The van der Waals surface area contributed by atoms with Crippen LogP contribution in [0.15, 0.2) is 48.5 Å². The summed E-state index contributed by atoms with van der Waals surface area (Å²) in [4.78, 5) is 43.7. The highest BCUT2D eigenvalue weighted by Gasteiger charge is 2.22. The summed E-state index contributed by atoms with van der Waals surface area (Å²) in [5, 5.41) is 0.717. The minimum absolute atomic E-state index is 0.0967. The summed E-state index contributed by atoms with van der Waals surface area (Å²) in [5.74, 6) is -0.725. The first-order chi connectivity index (χ1) is 15.0. The van der Waals surface area contributed by atoms with Crippen LogP contribution < -0.4 is 4.90 Å². The standard InChI is InChI=1S/C25H24N2O4/c1-3-20-16(2)24(19-7-4-5-8-21(19)26-20)25(30)31-15-22(28)17-10-12-18(13-11-17)27-14-6-9-23(27)29/h4-5,7-8,10-13H,3,6,9,14-15H2,1-2H3. The van der Waals surface area contributed by atoms with Crippen LogP contribution in [0.2, 0.25) is 0 Å². The molecule has 1 aromatic heterocycles. The largest absolute Gasteiger partial charge is 0.454 e. The maximum absolute atomic E-state index is 12.9. The number of fused-ring (bicyclic) bond motifs is 1. The number of carbonyl (C=O) groups excluding carboxylic acids is 3. The number of Topliss-reactive ketones (excluding diaryl/α,β-unsaturated/α-hetero) is 1. The van der Waals surface area contributed by atoms with E-state index < -0.39 is 5.97 Å². The van der Waals surface area contributed by atoms with Crippen molar-refractivity contribution in [2.75, 3.05) is 18.1 Å². The van der Waals surface area contributed by atoms with Gasteiger partial charge in [-0.3, -0.25) is 14.6 Å². The molecule has 0 atom stereocenters. The van der Waals surface area contributed by atoms with Crippen LogP contribution in [0.4, 0.5) is 5.69 Å². The van der Waals surface area contributed by atoms with Gasteiger partial charge in [0.2, 0.25) is 5.91 Å². The zero-order valence-electron chi connectivity index (χ0n) is 17.7. The fraction of sp³-hybridized carbons (Fsp3) is 0.280. The fourth-order valence-electron chi connectivity index (χ4n) is 4.00. The Labute approximate surface area is 180 Å². The number of ether oxygens (including phenoxy) is 1. The minimum atomic E-state index is -0.529. The zero-order chi connectivity index (χ0) is 22.0. The molecule has 0 unspecified atom stereocenters. The summed E-state index contributed by atoms with van der Waals surface area (Å²) in [6.07, 6.45) is 2.10. The Balaban J connectivity index is 1.49. The Morgan fingerprint density at radius 1 is 1.10 bits per heavy atom. The van der Waals surface area contributed by atoms with E-state index in [1.54, 1.807) is 29.2 Å². The molecule has 158 valence electrons. The van der Waals surface area contributed by atoms with Crippen LogP contribution in [0, 0.1) is 6.92 Å². The van der Waals surface area contributed by atoms with E-state index >= 15 is 0 Å². The molecular weight excluding hydrogens is 392 g/mol. The van der Waals surface area contributed by atoms with Crippen molar-refractivity contribution in [3.8, 4) is 0 Å². The van der Waals surface area contributed by atoms with Crippen LogP contribution in [-0.2, 0) is 16.0 Å². The van der Waals surface area contributed by atoms with Crippen molar-refractivity contribution in [3.63, 3.8) is 0 Å². The minimum Gasteiger partial charge on any atom is -0.454 e. The maximum Gasteiger partial charge on any atom is 0.339 e. The van der Waals surface area contributed by atoms with Gasteiger partial charge in [-0.15, -0.1) is 0 Å². The number of anilines is 1. The molecule has 0 spiro atoms. The van der Waals surface area contributed by atoms with Gasteiger partial charge in [-0.1, -0.05) is 25.1 Å². The van der Waals surface area contributed by atoms with Gasteiger partial charge in [-0.05, 0) is 55.7 Å². The SMILES string of the molecule is CCc1nc2ccccc2c(C(=O)OCC(=O)c2ccc(N3CCCC3=O)cc2)c1C. The molecule has 0 radical (unpaired) electrons. The van der Waals surface area contributed by atoms with Gasteiger partial charge in [0.05, 0.1) is 11.1 Å². The molecule has 1 aliphatic rings. The van der Waals surface area contributed by atoms with Crippen LogP contribution in [-0.4, -0.2) is 35.8 Å². The molecule has 4 rings (SSSR count). The molecule has 6 heteroatoms. The number of pyridine rings is 1. The lowest BCUT2D eigenvalue weighted by atomic mass is 10.0. The predicted molar refractivity (Wildman–Crippen MR) is 119 cm³/mol. The van der Waals surface area contributed by atoms with Crippen molar-refractivity contribution in [2.45, 2.75) is 33.1 Å². The Bertz CT molecular complexity index is 1170. The lowest BCUT2D eigenvalue weighted by Crippen LogP contribution is -2.23. The Morgan fingerprint density at radius 2 is 1.84 bits per heavy atom. The lowest BCUT2D eigenvalue weighted by Gasteiger charge is -2.16. The number of ketones is 1. The highest BCUT2D eigenvalue weighted by molar-refractivity contribution is 6.06. The Morgan fingerprint density at radius 3 is 2.52 bits per heavy atom. The molecule has 0 bridgehead atoms. The van der Waals surface area contributed by atoms with Crippen LogP contribution in [0.25, 0.3) is 10.9 Å². The molecule has 1 aliphatic heterocycles. The van der Waals surface area contributed by atoms with Crippen molar-refractivity contribution < 1.29 is 19.1 Å². The van der Waals surface area contributed by atoms with Crippen LogP contribution in [0.1, 0.15) is 51.7 Å². The van der Waals surface area contributed by atoms with Gasteiger partial charge in [-0.2, -0.15) is 0 Å². The maximum atomic E-state index is 12.9. The first-order valence-electron chi connectivity index (χ1n) is 10.5. The molecule has 0 N–H and O–H groups in total. The van der Waals surface area contributed by atoms with Gasteiger partial charge >= 0.3 is 5.97 Å². The average molecular weight is 416 g/mol. The number of nitrogens with zero attached hydrogens (tertiary/aromatic N) is 2. The highest BCUT2D eigenvalue weighted by atomic mass is 16.5. The van der Waals surface area contributed by atoms with Crippen LogP contribution >= 0.6 is 0 Å². The predicted octanol–water partition coefficient (Wildman–Crippen LogP) is 4.27. The Hall–Kier alpha value is -3.54. The third-order valence-electron chi connectivity index (χ3n) is 5.68. The Kier molecular flexibility index (Phi) is 5.80. The van der Waals surface area contributed by atoms with Gasteiger partial charge in [-0.25, -0.2) is 4.79 Å². The van der Waals surface area contributed by atoms with Gasteiger partial charge < -0.3 is 9.64 Å². The number of aromatic nitrogens is 1. The van der Waals surface area contributed by atoms with Crippen molar-refractivity contribution in [1.29, 1.82) is 0 Å². The quantitative estimate of drug-likeness (QED) is 0.443. The molecule has 0 saturated carbocycles. The van der Waals surface area contributed by atoms with Crippen molar-refractivity contribution in [2.24, 2.45) is 0 Å². The summed E-state index contributed by atoms with van der Waals surface area (Å²) in [6, 6.07) is 14.3. The second-order valence-electron chi connectivity index (χ2n) is 7.62. The third kappa shape index (κ3) is 4.06. The smallest absolute Gasteiger partial charge is 0.339 e. The molecule has 1 amide bonds. The van der Waals surface area contributed by atoms with Gasteiger partial charge in [0.1, 0.15) is 0 Å². The number of hydrogen-bond acceptors (Lipinski definition) is 5. The first kappa shape index (κ1) is 20.7. The van der Waals surface area contributed by atoms with E-state index in [1.165, 1.54) is 0 Å². The second kappa shape index (κ2) is 8.68. The number of hydrogen-bond donors (Lipinski definition) is 0. The molecule has 2 heterocycles. The molecule has 31 heavy (non-hydrogen) atoms. The average Bonchev–Trinajstić information content (AvgIpc) is 3.22. The number of rotatable bonds is 6. The van der Waals surface area contributed by atoms with E-state index in [0.29, 0.717) is 35.9 Å². The number of carbonyl (C=O) groups is 3. The van der Waals surface area contributed by atoms with E-state index in [-0.39, 0.29) is 18.3 Å². The number of esters is 1. The van der Waals surface area contributed by atoms with Crippen molar-refractivity contribution >= 4 is 34.3 Å². The van der Waals surface area contributed by atoms with E-state index in [9.17, 15) is 14.4 Å². The molecule has 6 nitrogen and oxygen atoms in total. The van der Waals surface area contributed by atoms with Crippen molar-refractivity contribution in [1.82, 2.24) is 4.98 Å². The molecule has 1 fully saturated rings. The fourth-order valence-corrected chi connectivity index (χ4v) is 4.00. The molecule has 3 aromatic rings. The first-order valence-corrected chi connectivity index (χ1v) is 10.5. The summed E-state index contributed by atoms with van der Waals surface area (Å²) in [6.45, 7) is 4.19. The summed E-state index contributed by atoms with van der Waals surface area (Å²) < 4.78 is 5.40. The monoisotopic (exact) mass is 416 g/mol. The number of para-hydroxylation sites is 1. The lowest BCUT2D eigenvalue weighted by molar-refractivity contribution is -0.117.